The van der Waals surface area contributed by atoms with Crippen LogP contribution in [0.1, 0.15) is 33.2 Å². The van der Waals surface area contributed by atoms with Crippen LogP contribution in [0.5, 0.6) is 5.75 Å². The molecule has 0 saturated carbocycles. The third-order valence-electron chi connectivity index (χ3n) is 7.21. The topological polar surface area (TPSA) is 92.6 Å². The molecule has 2 aromatic carbocycles. The predicted molar refractivity (Wildman–Crippen MR) is 156 cm³/mol. The Bertz CT molecular complexity index is 1700. The molecule has 3 heterocycles. The normalized spacial score (nSPS) is 13.9. The number of piperazine rings is 1. The lowest BCUT2D eigenvalue weighted by molar-refractivity contribution is -0.137. The first-order chi connectivity index (χ1) is 21.8. The number of alkyl halides is 6. The van der Waals surface area contributed by atoms with Crippen molar-refractivity contribution in [3.63, 3.8) is 0 Å². The van der Waals surface area contributed by atoms with E-state index in [2.05, 4.69) is 10.1 Å². The summed E-state index contributed by atoms with van der Waals surface area (Å²) in [6.45, 7) is 1.91. The molecule has 15 heteroatoms. The molecule has 0 bridgehead atoms. The first-order valence-electron chi connectivity index (χ1n) is 14.2. The molecule has 0 spiro atoms. The lowest BCUT2D eigenvalue weighted by Crippen LogP contribution is -2.48. The highest BCUT2D eigenvalue weighted by Gasteiger charge is 2.33. The number of carbonyl (C=O) groups is 2. The van der Waals surface area contributed by atoms with E-state index in [9.17, 15) is 35.9 Å². The van der Waals surface area contributed by atoms with Crippen molar-refractivity contribution in [2.75, 3.05) is 44.2 Å². The second-order valence-corrected chi connectivity index (χ2v) is 10.4. The van der Waals surface area contributed by atoms with Gasteiger partial charge < -0.3 is 19.9 Å². The SMILES string of the molecule is CCOc1cncc(-c2cnn(-c3cc(C(=O)N4CCN(c5ccc(C(=O)NCC(F)(F)F)cc5)CC4)cc(C(F)(F)F)c3)c2)c1. The van der Waals surface area contributed by atoms with E-state index in [0.29, 0.717) is 42.3 Å². The highest BCUT2D eigenvalue weighted by molar-refractivity contribution is 5.95. The van der Waals surface area contributed by atoms with Crippen molar-refractivity contribution < 1.29 is 40.7 Å². The van der Waals surface area contributed by atoms with E-state index in [4.69, 9.17) is 4.74 Å². The number of rotatable bonds is 8. The number of nitrogens with one attached hydrogen (secondary N) is 1. The van der Waals surface area contributed by atoms with Gasteiger partial charge in [0.1, 0.15) is 12.3 Å². The zero-order valence-corrected chi connectivity index (χ0v) is 24.4. The van der Waals surface area contributed by atoms with Crippen LogP contribution >= 0.6 is 0 Å². The van der Waals surface area contributed by atoms with Crippen LogP contribution in [-0.4, -0.2) is 77.0 Å². The summed E-state index contributed by atoms with van der Waals surface area (Å²) in [6, 6.07) is 10.8. The fraction of sp³-hybridized carbons (Fsp3) is 0.290. The summed E-state index contributed by atoms with van der Waals surface area (Å²) in [5.41, 5.74) is 0.881. The Balaban J connectivity index is 1.29. The zero-order chi connectivity index (χ0) is 33.1. The van der Waals surface area contributed by atoms with E-state index in [-0.39, 0.29) is 29.9 Å². The van der Waals surface area contributed by atoms with E-state index in [0.717, 1.165) is 12.1 Å². The maximum absolute atomic E-state index is 13.9. The van der Waals surface area contributed by atoms with E-state index in [1.165, 1.54) is 34.0 Å². The maximum atomic E-state index is 13.9. The smallest absolute Gasteiger partial charge is 0.416 e. The van der Waals surface area contributed by atoms with Gasteiger partial charge >= 0.3 is 12.4 Å². The summed E-state index contributed by atoms with van der Waals surface area (Å²) in [6.07, 6.45) is -3.10. The van der Waals surface area contributed by atoms with Gasteiger partial charge in [0.05, 0.1) is 30.3 Å². The first kappa shape index (κ1) is 32.3. The number of pyridine rings is 1. The van der Waals surface area contributed by atoms with Crippen LogP contribution in [0.15, 0.2) is 73.3 Å². The van der Waals surface area contributed by atoms with Gasteiger partial charge in [0, 0.05) is 66.5 Å². The molecular formula is C31H28F6N6O3. The summed E-state index contributed by atoms with van der Waals surface area (Å²) in [7, 11) is 0. The molecule has 1 aliphatic rings. The number of hydrogen-bond acceptors (Lipinski definition) is 6. The van der Waals surface area contributed by atoms with Crippen molar-refractivity contribution in [2.24, 2.45) is 0 Å². The average molecular weight is 647 g/mol. The van der Waals surface area contributed by atoms with E-state index >= 15 is 0 Å². The van der Waals surface area contributed by atoms with Crippen molar-refractivity contribution in [3.05, 3.63) is 90.0 Å². The van der Waals surface area contributed by atoms with Crippen LogP contribution in [0.2, 0.25) is 0 Å². The molecule has 1 aliphatic heterocycles. The summed E-state index contributed by atoms with van der Waals surface area (Å²) in [5, 5.41) is 6.04. The number of aromatic nitrogens is 3. The Hall–Kier alpha value is -5.08. The fourth-order valence-corrected chi connectivity index (χ4v) is 4.92. The summed E-state index contributed by atoms with van der Waals surface area (Å²) in [5.74, 6) is -0.910. The molecule has 242 valence electrons. The van der Waals surface area contributed by atoms with Crippen molar-refractivity contribution in [3.8, 4) is 22.6 Å². The first-order valence-corrected chi connectivity index (χ1v) is 14.2. The monoisotopic (exact) mass is 646 g/mol. The van der Waals surface area contributed by atoms with Gasteiger partial charge in [0.25, 0.3) is 11.8 Å². The second-order valence-electron chi connectivity index (χ2n) is 10.4. The lowest BCUT2D eigenvalue weighted by Gasteiger charge is -2.36. The summed E-state index contributed by atoms with van der Waals surface area (Å²) < 4.78 is 85.6. The molecule has 0 aliphatic carbocycles. The quantitative estimate of drug-likeness (QED) is 0.251. The number of nitrogens with zero attached hydrogens (tertiary/aromatic N) is 5. The number of amides is 2. The Morgan fingerprint density at radius 2 is 1.57 bits per heavy atom. The summed E-state index contributed by atoms with van der Waals surface area (Å²) >= 11 is 0. The lowest BCUT2D eigenvalue weighted by atomic mass is 10.1. The number of carbonyl (C=O) groups excluding carboxylic acids is 2. The molecule has 0 radical (unpaired) electrons. The standard InChI is InChI=1S/C31H28F6N6O3/c1-2-46-27-13-22(15-38-17-27)23-16-40-43(18-23)26-12-21(11-24(14-26)31(35,36)37)29(45)42-9-7-41(8-10-42)25-5-3-20(4-6-25)28(44)39-19-30(32,33)34/h3-6,11-18H,2,7-10,19H2,1H3,(H,39,44). The van der Waals surface area contributed by atoms with Crippen LogP contribution in [0.25, 0.3) is 16.8 Å². The minimum absolute atomic E-state index is 0.0522. The third kappa shape index (κ3) is 7.76. The van der Waals surface area contributed by atoms with Gasteiger partial charge in [0.2, 0.25) is 0 Å². The number of benzene rings is 2. The number of halogens is 6. The molecule has 5 rings (SSSR count). The van der Waals surface area contributed by atoms with Crippen molar-refractivity contribution >= 4 is 17.5 Å². The molecule has 2 amide bonds. The number of hydrogen-bond donors (Lipinski definition) is 1. The molecule has 9 nitrogen and oxygen atoms in total. The molecule has 1 N–H and O–H groups in total. The van der Waals surface area contributed by atoms with Gasteiger partial charge in [-0.2, -0.15) is 31.4 Å². The Labute approximate surface area is 259 Å². The zero-order valence-electron chi connectivity index (χ0n) is 24.4. The Kier molecular flexibility index (Phi) is 9.21. The molecule has 0 atom stereocenters. The number of ether oxygens (including phenoxy) is 1. The predicted octanol–water partition coefficient (Wildman–Crippen LogP) is 5.61. The highest BCUT2D eigenvalue weighted by atomic mass is 19.4. The third-order valence-corrected chi connectivity index (χ3v) is 7.21. The van der Waals surface area contributed by atoms with Gasteiger partial charge in [-0.3, -0.25) is 14.6 Å². The van der Waals surface area contributed by atoms with Gasteiger partial charge in [0.15, 0.2) is 0 Å². The largest absolute Gasteiger partial charge is 0.492 e. The fourth-order valence-electron chi connectivity index (χ4n) is 4.92. The van der Waals surface area contributed by atoms with Crippen LogP contribution in [0.3, 0.4) is 0 Å². The minimum atomic E-state index is -4.72. The van der Waals surface area contributed by atoms with E-state index in [1.54, 1.807) is 36.8 Å². The molecular weight excluding hydrogens is 618 g/mol. The van der Waals surface area contributed by atoms with Gasteiger partial charge in [-0.25, -0.2) is 4.68 Å². The van der Waals surface area contributed by atoms with Crippen LogP contribution in [0.4, 0.5) is 32.0 Å². The Morgan fingerprint density at radius 3 is 2.22 bits per heavy atom. The van der Waals surface area contributed by atoms with Gasteiger partial charge in [-0.1, -0.05) is 0 Å². The summed E-state index contributed by atoms with van der Waals surface area (Å²) in [4.78, 5) is 32.9. The van der Waals surface area contributed by atoms with Crippen LogP contribution in [-0.2, 0) is 6.18 Å². The van der Waals surface area contributed by atoms with Crippen LogP contribution < -0.4 is 15.0 Å². The molecule has 46 heavy (non-hydrogen) atoms. The van der Waals surface area contributed by atoms with E-state index in [1.807, 2.05) is 17.1 Å². The Morgan fingerprint density at radius 1 is 0.848 bits per heavy atom. The molecule has 0 unspecified atom stereocenters. The van der Waals surface area contributed by atoms with Gasteiger partial charge in [-0.15, -0.1) is 0 Å². The van der Waals surface area contributed by atoms with E-state index < -0.39 is 36.3 Å². The average Bonchev–Trinajstić information content (AvgIpc) is 3.54. The van der Waals surface area contributed by atoms with Crippen molar-refractivity contribution in [1.29, 1.82) is 0 Å². The molecule has 1 fully saturated rings. The van der Waals surface area contributed by atoms with Crippen molar-refractivity contribution in [2.45, 2.75) is 19.3 Å². The maximum Gasteiger partial charge on any atom is 0.416 e. The van der Waals surface area contributed by atoms with Gasteiger partial charge in [-0.05, 0) is 55.5 Å². The van der Waals surface area contributed by atoms with Crippen LogP contribution in [0, 0.1) is 0 Å². The second kappa shape index (κ2) is 13.1. The van der Waals surface area contributed by atoms with Crippen molar-refractivity contribution in [1.82, 2.24) is 25.0 Å². The highest BCUT2D eigenvalue weighted by Crippen LogP contribution is 2.33. The molecule has 4 aromatic rings. The number of anilines is 1. The minimum Gasteiger partial charge on any atom is -0.492 e. The molecule has 1 saturated heterocycles. The molecule has 2 aromatic heterocycles.